The van der Waals surface area contributed by atoms with Crippen LogP contribution in [0.15, 0.2) is 48.8 Å². The Kier molecular flexibility index (Phi) is 6.09. The second kappa shape index (κ2) is 9.09. The Morgan fingerprint density at radius 2 is 2.00 bits per heavy atom. The van der Waals surface area contributed by atoms with Gasteiger partial charge in [-0.05, 0) is 74.1 Å². The Morgan fingerprint density at radius 1 is 1.17 bits per heavy atom. The van der Waals surface area contributed by atoms with Crippen LogP contribution < -0.4 is 16.4 Å². The van der Waals surface area contributed by atoms with Gasteiger partial charge in [0.2, 0.25) is 0 Å². The topological polar surface area (TPSA) is 96.2 Å². The molecule has 1 aromatic carbocycles. The molecule has 30 heavy (non-hydrogen) atoms. The molecule has 1 amide bonds. The van der Waals surface area contributed by atoms with Crippen molar-refractivity contribution in [2.24, 2.45) is 5.92 Å². The van der Waals surface area contributed by atoms with Gasteiger partial charge in [0, 0.05) is 30.9 Å². The molecule has 0 spiro atoms. The number of piperidine rings is 1. The molecule has 0 bridgehead atoms. The number of benzene rings is 1. The van der Waals surface area contributed by atoms with Crippen LogP contribution >= 0.6 is 0 Å². The zero-order valence-electron chi connectivity index (χ0n) is 17.3. The number of hydrogen-bond donors (Lipinski definition) is 3. The van der Waals surface area contributed by atoms with Gasteiger partial charge >= 0.3 is 0 Å². The lowest BCUT2D eigenvalue weighted by atomic mass is 9.97. The van der Waals surface area contributed by atoms with Crippen LogP contribution in [0.5, 0.6) is 0 Å². The number of nitrogens with two attached hydrogens (primary N) is 1. The first kappa shape index (κ1) is 20.1. The van der Waals surface area contributed by atoms with E-state index < -0.39 is 0 Å². The molecule has 0 saturated carbocycles. The molecule has 7 heteroatoms. The summed E-state index contributed by atoms with van der Waals surface area (Å²) in [5.74, 6) is 1.77. The smallest absolute Gasteiger partial charge is 0.252 e. The third-order valence-electron chi connectivity index (χ3n) is 5.75. The maximum absolute atomic E-state index is 12.4. The highest BCUT2D eigenvalue weighted by atomic mass is 16.1. The van der Waals surface area contributed by atoms with Crippen LogP contribution in [0.2, 0.25) is 0 Å². The molecule has 0 atom stereocenters. The zero-order chi connectivity index (χ0) is 20.9. The molecule has 2 aromatic heterocycles. The molecule has 0 radical (unpaired) electrons. The number of nitrogens with one attached hydrogen (secondary N) is 2. The van der Waals surface area contributed by atoms with Crippen LogP contribution in [0.1, 0.15) is 28.8 Å². The van der Waals surface area contributed by atoms with Crippen molar-refractivity contribution in [3.8, 4) is 0 Å². The van der Waals surface area contributed by atoms with Crippen LogP contribution in [0.4, 0.5) is 11.6 Å². The Balaban J connectivity index is 1.29. The van der Waals surface area contributed by atoms with E-state index in [9.17, 15) is 4.79 Å². The maximum atomic E-state index is 12.4. The third-order valence-corrected chi connectivity index (χ3v) is 5.75. The van der Waals surface area contributed by atoms with E-state index in [4.69, 9.17) is 5.73 Å². The molecule has 1 aliphatic heterocycles. The molecular weight excluding hydrogens is 376 g/mol. The van der Waals surface area contributed by atoms with Crippen molar-refractivity contribution in [3.05, 3.63) is 59.9 Å². The van der Waals surface area contributed by atoms with E-state index >= 15 is 0 Å². The largest absolute Gasteiger partial charge is 0.383 e. The normalized spacial score (nSPS) is 15.2. The number of aromatic nitrogens is 2. The van der Waals surface area contributed by atoms with Crippen LogP contribution in [0, 0.1) is 5.92 Å². The van der Waals surface area contributed by atoms with Gasteiger partial charge in [-0.1, -0.05) is 12.1 Å². The summed E-state index contributed by atoms with van der Waals surface area (Å²) in [7, 11) is 2.14. The summed E-state index contributed by atoms with van der Waals surface area (Å²) < 4.78 is 0. The van der Waals surface area contributed by atoms with Crippen molar-refractivity contribution in [2.75, 3.05) is 37.7 Å². The van der Waals surface area contributed by atoms with E-state index in [0.717, 1.165) is 54.6 Å². The second-order valence-electron chi connectivity index (χ2n) is 7.99. The average Bonchev–Trinajstić information content (AvgIpc) is 2.77. The summed E-state index contributed by atoms with van der Waals surface area (Å²) in [6.45, 7) is 3.56. The molecular formula is C23H28N6O. The zero-order valence-corrected chi connectivity index (χ0v) is 17.3. The minimum atomic E-state index is -0.0614. The minimum Gasteiger partial charge on any atom is -0.383 e. The number of anilines is 2. The van der Waals surface area contributed by atoms with Gasteiger partial charge < -0.3 is 21.3 Å². The van der Waals surface area contributed by atoms with E-state index in [1.165, 1.54) is 0 Å². The van der Waals surface area contributed by atoms with Crippen LogP contribution in [0.25, 0.3) is 10.8 Å². The Labute approximate surface area is 176 Å². The summed E-state index contributed by atoms with van der Waals surface area (Å²) in [5.41, 5.74) is 7.61. The summed E-state index contributed by atoms with van der Waals surface area (Å²) in [4.78, 5) is 23.2. The lowest BCUT2D eigenvalue weighted by molar-refractivity contribution is 0.0938. The number of fused-ring (bicyclic) bond motifs is 1. The van der Waals surface area contributed by atoms with Crippen molar-refractivity contribution in [1.82, 2.24) is 20.2 Å². The van der Waals surface area contributed by atoms with E-state index in [0.29, 0.717) is 23.8 Å². The lowest BCUT2D eigenvalue weighted by Crippen LogP contribution is -2.36. The van der Waals surface area contributed by atoms with Gasteiger partial charge in [0.05, 0.1) is 5.56 Å². The number of hydrogen-bond acceptors (Lipinski definition) is 6. The summed E-state index contributed by atoms with van der Waals surface area (Å²) in [6.07, 6.45) is 5.61. The van der Waals surface area contributed by atoms with Gasteiger partial charge in [-0.15, -0.1) is 0 Å². The van der Waals surface area contributed by atoms with Gasteiger partial charge in [0.1, 0.15) is 11.6 Å². The van der Waals surface area contributed by atoms with Gasteiger partial charge in [-0.3, -0.25) is 4.79 Å². The summed E-state index contributed by atoms with van der Waals surface area (Å²) in [6, 6.07) is 11.7. The molecule has 156 valence electrons. The number of amides is 1. The van der Waals surface area contributed by atoms with Gasteiger partial charge in [-0.2, -0.15) is 0 Å². The Hall–Kier alpha value is -3.19. The van der Waals surface area contributed by atoms with Crippen molar-refractivity contribution >= 4 is 28.3 Å². The number of carbonyl (C=O) groups excluding carboxylic acids is 1. The predicted molar refractivity (Wildman–Crippen MR) is 120 cm³/mol. The fourth-order valence-corrected chi connectivity index (χ4v) is 3.79. The number of nitrogen functional groups attached to an aromatic ring is 1. The van der Waals surface area contributed by atoms with Crippen molar-refractivity contribution < 1.29 is 4.79 Å². The maximum Gasteiger partial charge on any atom is 0.252 e. The Morgan fingerprint density at radius 3 is 2.77 bits per heavy atom. The summed E-state index contributed by atoms with van der Waals surface area (Å²) in [5, 5.41) is 8.36. The van der Waals surface area contributed by atoms with E-state index in [1.807, 2.05) is 30.3 Å². The molecule has 0 aliphatic carbocycles. The first-order valence-electron chi connectivity index (χ1n) is 10.4. The number of likely N-dealkylation sites (tertiary alicyclic amines) is 1. The molecule has 7 nitrogen and oxygen atoms in total. The first-order valence-corrected chi connectivity index (χ1v) is 10.4. The Bertz CT molecular complexity index is 1010. The number of carbonyl (C=O) groups is 1. The van der Waals surface area contributed by atoms with E-state index in [1.54, 1.807) is 12.4 Å². The molecule has 1 saturated heterocycles. The highest BCUT2D eigenvalue weighted by molar-refractivity contribution is 5.94. The van der Waals surface area contributed by atoms with Crippen molar-refractivity contribution in [3.63, 3.8) is 0 Å². The fraction of sp³-hybridized carbons (Fsp3) is 0.348. The number of nitrogens with zero attached hydrogens (tertiary/aromatic N) is 3. The lowest BCUT2D eigenvalue weighted by Gasteiger charge is -2.28. The molecule has 1 fully saturated rings. The standard InChI is InChI=1S/C23H28N6O/c1-29-10-7-16(8-11-29)13-28-23(30)19-3-5-21(27-15-19)26-14-17-2-4-20-18(12-17)6-9-25-22(20)24/h2-6,9,12,15-16H,7-8,10-11,13-14H2,1H3,(H2,24,25)(H,26,27)(H,28,30). The fourth-order valence-electron chi connectivity index (χ4n) is 3.79. The first-order chi connectivity index (χ1) is 14.6. The molecule has 4 rings (SSSR count). The second-order valence-corrected chi connectivity index (χ2v) is 7.99. The van der Waals surface area contributed by atoms with E-state index in [2.05, 4.69) is 38.6 Å². The summed E-state index contributed by atoms with van der Waals surface area (Å²) >= 11 is 0. The number of rotatable bonds is 6. The highest BCUT2D eigenvalue weighted by Crippen LogP contribution is 2.20. The van der Waals surface area contributed by atoms with Crippen LogP contribution in [-0.2, 0) is 6.54 Å². The SMILES string of the molecule is CN1CCC(CNC(=O)c2ccc(NCc3ccc4c(N)nccc4c3)nc2)CC1. The highest BCUT2D eigenvalue weighted by Gasteiger charge is 2.17. The molecule has 4 N–H and O–H groups in total. The number of pyridine rings is 2. The van der Waals surface area contributed by atoms with Gasteiger partial charge in [0.15, 0.2) is 0 Å². The monoisotopic (exact) mass is 404 g/mol. The third kappa shape index (κ3) is 4.86. The predicted octanol–water partition coefficient (Wildman–Crippen LogP) is 2.90. The quantitative estimate of drug-likeness (QED) is 0.585. The van der Waals surface area contributed by atoms with Crippen LogP contribution in [-0.4, -0.2) is 47.5 Å². The van der Waals surface area contributed by atoms with Crippen molar-refractivity contribution in [2.45, 2.75) is 19.4 Å². The molecule has 3 aromatic rings. The van der Waals surface area contributed by atoms with Crippen molar-refractivity contribution in [1.29, 1.82) is 0 Å². The minimum absolute atomic E-state index is 0.0614. The molecule has 0 unspecified atom stereocenters. The average molecular weight is 405 g/mol. The van der Waals surface area contributed by atoms with Crippen LogP contribution in [0.3, 0.4) is 0 Å². The van der Waals surface area contributed by atoms with E-state index in [-0.39, 0.29) is 5.91 Å². The van der Waals surface area contributed by atoms with Gasteiger partial charge in [0.25, 0.3) is 5.91 Å². The molecule has 1 aliphatic rings. The molecule has 3 heterocycles. The van der Waals surface area contributed by atoms with Gasteiger partial charge in [-0.25, -0.2) is 9.97 Å².